The molecule has 1 aliphatic heterocycles. The van der Waals surface area contributed by atoms with E-state index in [1.54, 1.807) is 0 Å². The van der Waals surface area contributed by atoms with E-state index in [0.717, 1.165) is 19.8 Å². The molecular formula is C27H39IN2. The SMILES string of the molecule is CC(C)c1cccc(C(C)C)c1N1CCN(c2c(C(C)C)cc(I)cc2C(C)C)C1. The average molecular weight is 519 g/mol. The van der Waals surface area contributed by atoms with Crippen LogP contribution >= 0.6 is 22.6 Å². The fraction of sp³-hybridized carbons (Fsp3) is 0.556. The lowest BCUT2D eigenvalue weighted by Crippen LogP contribution is -2.28. The molecule has 0 aliphatic carbocycles. The molecule has 1 aliphatic rings. The molecule has 1 saturated heterocycles. The molecule has 2 aromatic carbocycles. The van der Waals surface area contributed by atoms with Crippen LogP contribution in [0.25, 0.3) is 0 Å². The number of halogens is 1. The number of nitrogens with zero attached hydrogens (tertiary/aromatic N) is 2. The van der Waals surface area contributed by atoms with Gasteiger partial charge in [0.05, 0.1) is 6.67 Å². The molecular weight excluding hydrogens is 479 g/mol. The third-order valence-electron chi connectivity index (χ3n) is 6.33. The monoisotopic (exact) mass is 518 g/mol. The van der Waals surface area contributed by atoms with Crippen molar-refractivity contribution in [2.24, 2.45) is 0 Å². The molecule has 0 amide bonds. The van der Waals surface area contributed by atoms with Crippen LogP contribution in [0.1, 0.15) is 101 Å². The Hall–Kier alpha value is -1.23. The maximum Gasteiger partial charge on any atom is 0.0904 e. The summed E-state index contributed by atoms with van der Waals surface area (Å²) < 4.78 is 1.35. The summed E-state index contributed by atoms with van der Waals surface area (Å²) in [7, 11) is 0. The van der Waals surface area contributed by atoms with E-state index in [1.165, 1.54) is 37.2 Å². The number of para-hydroxylation sites is 1. The fourth-order valence-electron chi connectivity index (χ4n) is 4.72. The number of benzene rings is 2. The first-order chi connectivity index (χ1) is 14.1. The van der Waals surface area contributed by atoms with Crippen LogP contribution in [0.5, 0.6) is 0 Å². The minimum Gasteiger partial charge on any atom is -0.352 e. The second kappa shape index (κ2) is 9.50. The van der Waals surface area contributed by atoms with E-state index in [4.69, 9.17) is 0 Å². The first-order valence-corrected chi connectivity index (χ1v) is 12.7. The zero-order chi connectivity index (χ0) is 22.2. The Balaban J connectivity index is 2.06. The molecule has 0 bridgehead atoms. The molecule has 1 heterocycles. The van der Waals surface area contributed by atoms with Gasteiger partial charge >= 0.3 is 0 Å². The molecule has 0 aromatic heterocycles. The summed E-state index contributed by atoms with van der Waals surface area (Å²) in [6.45, 7) is 21.8. The van der Waals surface area contributed by atoms with E-state index in [9.17, 15) is 0 Å². The van der Waals surface area contributed by atoms with Gasteiger partial charge in [0.25, 0.3) is 0 Å². The molecule has 2 aromatic rings. The molecule has 3 rings (SSSR count). The van der Waals surface area contributed by atoms with E-state index in [-0.39, 0.29) is 0 Å². The normalized spacial score (nSPS) is 14.8. The molecule has 1 fully saturated rings. The Kier molecular flexibility index (Phi) is 7.42. The van der Waals surface area contributed by atoms with Crippen LogP contribution in [0.3, 0.4) is 0 Å². The molecule has 164 valence electrons. The van der Waals surface area contributed by atoms with Crippen LogP contribution < -0.4 is 9.80 Å². The van der Waals surface area contributed by atoms with Crippen molar-refractivity contribution in [1.29, 1.82) is 0 Å². The Morgan fingerprint density at radius 2 is 1.00 bits per heavy atom. The second-order valence-corrected chi connectivity index (χ2v) is 11.3. The van der Waals surface area contributed by atoms with Gasteiger partial charge in [-0.25, -0.2) is 0 Å². The highest BCUT2D eigenvalue weighted by Gasteiger charge is 2.29. The van der Waals surface area contributed by atoms with Gasteiger partial charge in [0.15, 0.2) is 0 Å². The summed E-state index contributed by atoms with van der Waals surface area (Å²) in [5.74, 6) is 2.11. The molecule has 0 atom stereocenters. The number of anilines is 2. The van der Waals surface area contributed by atoms with Crippen molar-refractivity contribution in [3.05, 3.63) is 56.2 Å². The van der Waals surface area contributed by atoms with E-state index >= 15 is 0 Å². The Morgan fingerprint density at radius 3 is 1.37 bits per heavy atom. The summed E-state index contributed by atoms with van der Waals surface area (Å²) >= 11 is 2.49. The number of hydrogen-bond acceptors (Lipinski definition) is 2. The second-order valence-electron chi connectivity index (χ2n) is 10.0. The summed E-state index contributed by atoms with van der Waals surface area (Å²) in [5.41, 5.74) is 8.92. The lowest BCUT2D eigenvalue weighted by atomic mass is 9.92. The van der Waals surface area contributed by atoms with Crippen LogP contribution in [-0.2, 0) is 0 Å². The predicted molar refractivity (Wildman–Crippen MR) is 142 cm³/mol. The van der Waals surface area contributed by atoms with Crippen molar-refractivity contribution in [2.45, 2.75) is 79.1 Å². The summed E-state index contributed by atoms with van der Waals surface area (Å²) in [6, 6.07) is 11.7. The van der Waals surface area contributed by atoms with Gasteiger partial charge in [-0.15, -0.1) is 0 Å². The molecule has 30 heavy (non-hydrogen) atoms. The topological polar surface area (TPSA) is 6.48 Å². The van der Waals surface area contributed by atoms with Gasteiger partial charge in [0.1, 0.15) is 0 Å². The highest BCUT2D eigenvalue weighted by molar-refractivity contribution is 14.1. The Labute approximate surface area is 198 Å². The van der Waals surface area contributed by atoms with Crippen molar-refractivity contribution in [1.82, 2.24) is 0 Å². The van der Waals surface area contributed by atoms with Gasteiger partial charge in [-0.1, -0.05) is 73.6 Å². The first kappa shape index (κ1) is 23.4. The zero-order valence-electron chi connectivity index (χ0n) is 20.1. The van der Waals surface area contributed by atoms with Gasteiger partial charge in [-0.2, -0.15) is 0 Å². The third kappa shape index (κ3) is 4.66. The fourth-order valence-corrected chi connectivity index (χ4v) is 5.39. The van der Waals surface area contributed by atoms with Crippen LogP contribution in [0.15, 0.2) is 30.3 Å². The summed E-state index contributed by atoms with van der Waals surface area (Å²) in [4.78, 5) is 5.28. The van der Waals surface area contributed by atoms with Crippen molar-refractivity contribution in [2.75, 3.05) is 29.6 Å². The maximum absolute atomic E-state index is 2.64. The minimum atomic E-state index is 0.524. The Bertz CT molecular complexity index is 827. The lowest BCUT2D eigenvalue weighted by Gasteiger charge is -2.31. The highest BCUT2D eigenvalue weighted by Crippen LogP contribution is 2.41. The van der Waals surface area contributed by atoms with Crippen LogP contribution in [-0.4, -0.2) is 19.8 Å². The van der Waals surface area contributed by atoms with E-state index in [2.05, 4.69) is 118 Å². The zero-order valence-corrected chi connectivity index (χ0v) is 22.2. The first-order valence-electron chi connectivity index (χ1n) is 11.6. The van der Waals surface area contributed by atoms with Crippen LogP contribution in [0.2, 0.25) is 0 Å². The summed E-state index contributed by atoms with van der Waals surface area (Å²) in [5, 5.41) is 0. The minimum absolute atomic E-state index is 0.524. The molecule has 3 heteroatoms. The van der Waals surface area contributed by atoms with Crippen molar-refractivity contribution < 1.29 is 0 Å². The van der Waals surface area contributed by atoms with Crippen LogP contribution in [0.4, 0.5) is 11.4 Å². The van der Waals surface area contributed by atoms with Crippen LogP contribution in [0, 0.1) is 3.57 Å². The van der Waals surface area contributed by atoms with Gasteiger partial charge in [-0.05, 0) is 80.6 Å². The molecule has 0 unspecified atom stereocenters. The molecule has 0 spiro atoms. The molecule has 2 nitrogen and oxygen atoms in total. The van der Waals surface area contributed by atoms with Gasteiger partial charge in [-0.3, -0.25) is 0 Å². The standard InChI is InChI=1S/C27H39IN2/c1-17(2)22-10-9-11-23(18(3)4)26(22)29-12-13-30(16-29)27-24(19(5)6)14-21(28)15-25(27)20(7)8/h9-11,14-15,17-20H,12-13,16H2,1-8H3. The van der Waals surface area contributed by atoms with E-state index in [1.807, 2.05) is 0 Å². The maximum atomic E-state index is 2.64. The van der Waals surface area contributed by atoms with Crippen molar-refractivity contribution in [3.8, 4) is 0 Å². The van der Waals surface area contributed by atoms with E-state index in [0.29, 0.717) is 23.7 Å². The average Bonchev–Trinajstić information content (AvgIpc) is 3.15. The van der Waals surface area contributed by atoms with E-state index < -0.39 is 0 Å². The molecule has 0 N–H and O–H groups in total. The van der Waals surface area contributed by atoms with Crippen molar-refractivity contribution in [3.63, 3.8) is 0 Å². The Morgan fingerprint density at radius 1 is 0.633 bits per heavy atom. The molecule has 0 saturated carbocycles. The quantitative estimate of drug-likeness (QED) is 0.357. The number of hydrogen-bond donors (Lipinski definition) is 0. The largest absolute Gasteiger partial charge is 0.352 e. The van der Waals surface area contributed by atoms with Gasteiger partial charge < -0.3 is 9.80 Å². The predicted octanol–water partition coefficient (Wildman–Crippen LogP) is 8.07. The smallest absolute Gasteiger partial charge is 0.0904 e. The number of rotatable bonds is 6. The molecule has 0 radical (unpaired) electrons. The van der Waals surface area contributed by atoms with Gasteiger partial charge in [0, 0.05) is 28.0 Å². The highest BCUT2D eigenvalue weighted by atomic mass is 127. The lowest BCUT2D eigenvalue weighted by molar-refractivity contribution is 0.797. The summed E-state index contributed by atoms with van der Waals surface area (Å²) in [6.07, 6.45) is 0. The van der Waals surface area contributed by atoms with Gasteiger partial charge in [0.2, 0.25) is 0 Å². The van der Waals surface area contributed by atoms with Crippen molar-refractivity contribution >= 4 is 34.0 Å². The third-order valence-corrected chi connectivity index (χ3v) is 6.96.